The van der Waals surface area contributed by atoms with Crippen LogP contribution in [-0.2, 0) is 0 Å². The monoisotopic (exact) mass is 368 g/mol. The van der Waals surface area contributed by atoms with Crippen LogP contribution in [0, 0.1) is 16.4 Å². The third-order valence-corrected chi connectivity index (χ3v) is 3.68. The number of nitrogens with one attached hydrogen (secondary N) is 1. The van der Waals surface area contributed by atoms with Crippen LogP contribution < -0.4 is 0 Å². The Kier molecular flexibility index (Phi) is 3.64. The Morgan fingerprint density at radius 3 is 2.71 bits per heavy atom. The molecule has 0 saturated heterocycles. The maximum Gasteiger partial charge on any atom is 0.200 e. The third kappa shape index (κ3) is 2.52. The first-order chi connectivity index (χ1) is 10.1. The molecule has 3 aromatic rings. The predicted molar refractivity (Wildman–Crippen MR) is 79.6 cm³/mol. The van der Waals surface area contributed by atoms with Crippen LogP contribution in [0.4, 0.5) is 8.78 Å². The van der Waals surface area contributed by atoms with Crippen LogP contribution in [-0.4, -0.2) is 19.7 Å². The number of aromatic amines is 1. The number of rotatable bonds is 2. The van der Waals surface area contributed by atoms with Crippen molar-refractivity contribution in [3.05, 3.63) is 57.4 Å². The quantitative estimate of drug-likeness (QED) is 0.548. The molecular formula is C13H7BrF2N4S. The number of H-pyrrole nitrogens is 1. The van der Waals surface area contributed by atoms with E-state index in [1.807, 2.05) is 0 Å². The highest BCUT2D eigenvalue weighted by Gasteiger charge is 2.17. The largest absolute Gasteiger partial charge is 0.264 e. The highest BCUT2D eigenvalue weighted by atomic mass is 79.9. The van der Waals surface area contributed by atoms with Crippen LogP contribution in [0.1, 0.15) is 0 Å². The summed E-state index contributed by atoms with van der Waals surface area (Å²) in [7, 11) is 0. The van der Waals surface area contributed by atoms with E-state index in [-0.39, 0.29) is 14.9 Å². The molecule has 1 aromatic carbocycles. The molecule has 21 heavy (non-hydrogen) atoms. The summed E-state index contributed by atoms with van der Waals surface area (Å²) >= 11 is 8.17. The van der Waals surface area contributed by atoms with Crippen molar-refractivity contribution in [1.29, 1.82) is 0 Å². The van der Waals surface area contributed by atoms with Crippen LogP contribution in [0.15, 0.2) is 41.0 Å². The summed E-state index contributed by atoms with van der Waals surface area (Å²) in [5, 5.41) is 6.66. The van der Waals surface area contributed by atoms with Gasteiger partial charge in [-0.25, -0.2) is 8.78 Å². The van der Waals surface area contributed by atoms with E-state index in [2.05, 4.69) is 31.1 Å². The number of nitrogens with zero attached hydrogens (tertiary/aromatic N) is 3. The lowest BCUT2D eigenvalue weighted by Crippen LogP contribution is -2.02. The first kappa shape index (κ1) is 14.0. The molecule has 0 radical (unpaired) electrons. The van der Waals surface area contributed by atoms with Gasteiger partial charge in [-0.1, -0.05) is 6.07 Å². The molecule has 0 spiro atoms. The number of benzene rings is 1. The second-order valence-electron chi connectivity index (χ2n) is 4.12. The summed E-state index contributed by atoms with van der Waals surface area (Å²) in [4.78, 5) is 4.16. The van der Waals surface area contributed by atoms with E-state index < -0.39 is 11.6 Å². The van der Waals surface area contributed by atoms with Crippen LogP contribution in [0.25, 0.3) is 17.2 Å². The molecule has 0 atom stereocenters. The van der Waals surface area contributed by atoms with E-state index in [4.69, 9.17) is 12.2 Å². The Balaban J connectivity index is 2.27. The van der Waals surface area contributed by atoms with Crippen molar-refractivity contribution < 1.29 is 8.78 Å². The zero-order valence-corrected chi connectivity index (χ0v) is 12.8. The maximum absolute atomic E-state index is 14.1. The Bertz CT molecular complexity index is 860. The maximum atomic E-state index is 14.1. The SMILES string of the molecule is Fc1cc(F)c(-n2c(-c3ccccn3)n[nH]c2=S)cc1Br. The summed E-state index contributed by atoms with van der Waals surface area (Å²) in [6.45, 7) is 0. The fraction of sp³-hybridized carbons (Fsp3) is 0. The molecule has 2 aromatic heterocycles. The number of hydrogen-bond donors (Lipinski definition) is 1. The van der Waals surface area contributed by atoms with Crippen molar-refractivity contribution in [3.63, 3.8) is 0 Å². The molecule has 0 amide bonds. The van der Waals surface area contributed by atoms with Gasteiger partial charge in [-0.15, -0.1) is 0 Å². The zero-order valence-electron chi connectivity index (χ0n) is 10.3. The molecule has 106 valence electrons. The van der Waals surface area contributed by atoms with E-state index >= 15 is 0 Å². The average Bonchev–Trinajstić information content (AvgIpc) is 2.85. The van der Waals surface area contributed by atoms with Crippen molar-refractivity contribution >= 4 is 28.1 Å². The summed E-state index contributed by atoms with van der Waals surface area (Å²) in [6.07, 6.45) is 1.59. The number of halogens is 3. The molecule has 0 aliphatic heterocycles. The van der Waals surface area contributed by atoms with Crippen LogP contribution in [0.3, 0.4) is 0 Å². The standard InChI is InChI=1S/C13H7BrF2N4S/c14-7-5-11(9(16)6-8(7)15)20-12(18-19-13(20)21)10-3-1-2-4-17-10/h1-6H,(H,19,21). The van der Waals surface area contributed by atoms with Crippen LogP contribution in [0.5, 0.6) is 0 Å². The van der Waals surface area contributed by atoms with Crippen LogP contribution in [0.2, 0.25) is 0 Å². The summed E-state index contributed by atoms with van der Waals surface area (Å²) in [5.41, 5.74) is 0.604. The summed E-state index contributed by atoms with van der Waals surface area (Å²) in [5.74, 6) is -1.09. The Hall–Kier alpha value is -1.93. The van der Waals surface area contributed by atoms with E-state index in [1.165, 1.54) is 10.6 Å². The smallest absolute Gasteiger partial charge is 0.200 e. The van der Waals surface area contributed by atoms with Crippen molar-refractivity contribution in [2.75, 3.05) is 0 Å². The van der Waals surface area contributed by atoms with Crippen molar-refractivity contribution in [2.24, 2.45) is 0 Å². The minimum Gasteiger partial charge on any atom is -0.264 e. The Labute approximate surface area is 131 Å². The number of pyridine rings is 1. The van der Waals surface area contributed by atoms with Gasteiger partial charge in [0.05, 0.1) is 10.2 Å². The van der Waals surface area contributed by atoms with E-state index in [0.29, 0.717) is 11.5 Å². The predicted octanol–water partition coefficient (Wildman–Crippen LogP) is 4.03. The lowest BCUT2D eigenvalue weighted by molar-refractivity contribution is 0.573. The molecule has 0 aliphatic rings. The van der Waals surface area contributed by atoms with E-state index in [0.717, 1.165) is 6.07 Å². The number of aromatic nitrogens is 4. The molecule has 0 aliphatic carbocycles. The van der Waals surface area contributed by atoms with Crippen LogP contribution >= 0.6 is 28.1 Å². The van der Waals surface area contributed by atoms with Gasteiger partial charge in [-0.2, -0.15) is 5.10 Å². The van der Waals surface area contributed by atoms with Gasteiger partial charge >= 0.3 is 0 Å². The average molecular weight is 369 g/mol. The first-order valence-electron chi connectivity index (χ1n) is 5.81. The van der Waals surface area contributed by atoms with Gasteiger partial charge in [-0.05, 0) is 46.3 Å². The molecule has 0 bridgehead atoms. The summed E-state index contributed by atoms with van der Waals surface area (Å²) in [6, 6.07) is 7.35. The fourth-order valence-electron chi connectivity index (χ4n) is 1.87. The molecule has 4 nitrogen and oxygen atoms in total. The molecule has 1 N–H and O–H groups in total. The third-order valence-electron chi connectivity index (χ3n) is 2.80. The Morgan fingerprint density at radius 2 is 2.00 bits per heavy atom. The highest BCUT2D eigenvalue weighted by Crippen LogP contribution is 2.26. The van der Waals surface area contributed by atoms with Gasteiger partial charge in [0.2, 0.25) is 0 Å². The lowest BCUT2D eigenvalue weighted by Gasteiger charge is -2.08. The fourth-order valence-corrected chi connectivity index (χ4v) is 2.43. The zero-order chi connectivity index (χ0) is 15.0. The number of hydrogen-bond acceptors (Lipinski definition) is 3. The van der Waals surface area contributed by atoms with Gasteiger partial charge in [0, 0.05) is 12.3 Å². The summed E-state index contributed by atoms with van der Waals surface area (Å²) < 4.78 is 29.1. The van der Waals surface area contributed by atoms with Crippen molar-refractivity contribution in [1.82, 2.24) is 19.7 Å². The highest BCUT2D eigenvalue weighted by molar-refractivity contribution is 9.10. The van der Waals surface area contributed by atoms with E-state index in [9.17, 15) is 8.78 Å². The second-order valence-corrected chi connectivity index (χ2v) is 5.36. The van der Waals surface area contributed by atoms with Gasteiger partial charge in [0.25, 0.3) is 0 Å². The molecule has 8 heteroatoms. The van der Waals surface area contributed by atoms with Crippen molar-refractivity contribution in [3.8, 4) is 17.2 Å². The normalized spacial score (nSPS) is 10.8. The first-order valence-corrected chi connectivity index (χ1v) is 7.02. The minimum absolute atomic E-state index is 0.0858. The minimum atomic E-state index is -0.745. The Morgan fingerprint density at radius 1 is 1.19 bits per heavy atom. The molecule has 0 unspecified atom stereocenters. The van der Waals surface area contributed by atoms with E-state index in [1.54, 1.807) is 24.4 Å². The second kappa shape index (κ2) is 5.45. The topological polar surface area (TPSA) is 46.5 Å². The molecule has 2 heterocycles. The molecular weight excluding hydrogens is 362 g/mol. The molecule has 0 fully saturated rings. The van der Waals surface area contributed by atoms with Gasteiger partial charge in [0.15, 0.2) is 10.6 Å². The van der Waals surface area contributed by atoms with Crippen molar-refractivity contribution in [2.45, 2.75) is 0 Å². The van der Waals surface area contributed by atoms with Gasteiger partial charge in [-0.3, -0.25) is 14.6 Å². The lowest BCUT2D eigenvalue weighted by atomic mass is 10.2. The van der Waals surface area contributed by atoms with Gasteiger partial charge in [0.1, 0.15) is 17.3 Å². The van der Waals surface area contributed by atoms with Gasteiger partial charge < -0.3 is 0 Å². The molecule has 0 saturated carbocycles. The molecule has 3 rings (SSSR count).